The van der Waals surface area contributed by atoms with Gasteiger partial charge in [0.05, 0.1) is 5.92 Å². The fourth-order valence-corrected chi connectivity index (χ4v) is 5.33. The van der Waals surface area contributed by atoms with Gasteiger partial charge in [-0.3, -0.25) is 4.79 Å². The van der Waals surface area contributed by atoms with E-state index in [-0.39, 0.29) is 17.2 Å². The fraction of sp³-hybridized carbons (Fsp3) is 0.474. The Morgan fingerprint density at radius 3 is 2.44 bits per heavy atom. The van der Waals surface area contributed by atoms with E-state index in [1.807, 2.05) is 19.9 Å². The third-order valence-electron chi connectivity index (χ3n) is 4.70. The van der Waals surface area contributed by atoms with Gasteiger partial charge >= 0.3 is 5.97 Å². The van der Waals surface area contributed by atoms with Gasteiger partial charge < -0.3 is 9.26 Å². The van der Waals surface area contributed by atoms with Crippen LogP contribution in [-0.2, 0) is 14.8 Å². The number of rotatable bonds is 4. The minimum absolute atomic E-state index is 0.0887. The maximum absolute atomic E-state index is 13.0. The molecule has 1 atom stereocenters. The van der Waals surface area contributed by atoms with E-state index >= 15 is 0 Å². The summed E-state index contributed by atoms with van der Waals surface area (Å²) >= 11 is 0. The molecule has 1 aliphatic rings. The summed E-state index contributed by atoms with van der Waals surface area (Å²) in [6.45, 7) is 7.49. The zero-order chi connectivity index (χ0) is 19.8. The normalized spacial score (nSPS) is 18.4. The highest BCUT2D eigenvalue weighted by molar-refractivity contribution is 7.89. The van der Waals surface area contributed by atoms with E-state index in [9.17, 15) is 13.2 Å². The molecule has 27 heavy (non-hydrogen) atoms. The van der Waals surface area contributed by atoms with Crippen LogP contribution in [0.1, 0.15) is 35.4 Å². The largest absolute Gasteiger partial charge is 0.426 e. The Balaban J connectivity index is 1.76. The molecule has 0 radical (unpaired) electrons. The van der Waals surface area contributed by atoms with Crippen LogP contribution < -0.4 is 4.74 Å². The summed E-state index contributed by atoms with van der Waals surface area (Å²) in [5.41, 5.74) is 2.33. The first-order valence-corrected chi connectivity index (χ1v) is 10.4. The van der Waals surface area contributed by atoms with E-state index in [0.29, 0.717) is 30.8 Å². The number of carbonyl (C=O) groups excluding carboxylic acids is 1. The SMILES string of the molecule is Cc1cc(C)cc(OC(=O)C2CCCN(S(=O)(=O)c3c(C)noc3C)C2)c1. The highest BCUT2D eigenvalue weighted by Crippen LogP contribution is 2.28. The average molecular weight is 392 g/mol. The van der Waals surface area contributed by atoms with Gasteiger partial charge in [-0.05, 0) is 63.8 Å². The van der Waals surface area contributed by atoms with Crippen LogP contribution in [0.4, 0.5) is 0 Å². The summed E-state index contributed by atoms with van der Waals surface area (Å²) in [4.78, 5) is 12.7. The topological polar surface area (TPSA) is 89.7 Å². The van der Waals surface area contributed by atoms with Crippen molar-refractivity contribution in [2.24, 2.45) is 5.92 Å². The van der Waals surface area contributed by atoms with Crippen molar-refractivity contribution < 1.29 is 22.5 Å². The van der Waals surface area contributed by atoms with Crippen LogP contribution in [0.15, 0.2) is 27.6 Å². The lowest BCUT2D eigenvalue weighted by molar-refractivity contribution is -0.140. The molecule has 1 aromatic heterocycles. The Bertz CT molecular complexity index is 925. The number of piperidine rings is 1. The zero-order valence-electron chi connectivity index (χ0n) is 16.0. The van der Waals surface area contributed by atoms with E-state index < -0.39 is 21.9 Å². The van der Waals surface area contributed by atoms with Crippen molar-refractivity contribution >= 4 is 16.0 Å². The van der Waals surface area contributed by atoms with E-state index in [1.54, 1.807) is 26.0 Å². The quantitative estimate of drug-likeness (QED) is 0.587. The molecule has 1 fully saturated rings. The van der Waals surface area contributed by atoms with Crippen LogP contribution in [0.5, 0.6) is 5.75 Å². The molecule has 1 unspecified atom stereocenters. The van der Waals surface area contributed by atoms with Gasteiger partial charge in [-0.15, -0.1) is 0 Å². The second kappa shape index (κ2) is 7.44. The highest BCUT2D eigenvalue weighted by Gasteiger charge is 2.37. The predicted octanol–water partition coefficient (Wildman–Crippen LogP) is 2.91. The minimum Gasteiger partial charge on any atom is -0.426 e. The van der Waals surface area contributed by atoms with Crippen molar-refractivity contribution in [3.8, 4) is 5.75 Å². The molecule has 7 nitrogen and oxygen atoms in total. The molecule has 2 heterocycles. The third kappa shape index (κ3) is 4.06. The maximum atomic E-state index is 13.0. The molecular formula is C19H24N2O5S. The van der Waals surface area contributed by atoms with Crippen molar-refractivity contribution in [2.45, 2.75) is 45.4 Å². The zero-order valence-corrected chi connectivity index (χ0v) is 16.8. The summed E-state index contributed by atoms with van der Waals surface area (Å²) in [6.07, 6.45) is 1.19. The lowest BCUT2D eigenvalue weighted by Gasteiger charge is -2.30. The van der Waals surface area contributed by atoms with E-state index in [0.717, 1.165) is 11.1 Å². The van der Waals surface area contributed by atoms with Gasteiger partial charge in [0, 0.05) is 13.1 Å². The standard InChI is InChI=1S/C19H24N2O5S/c1-12-8-13(2)10-17(9-12)25-19(22)16-6-5-7-21(11-16)27(23,24)18-14(3)20-26-15(18)4/h8-10,16H,5-7,11H2,1-4H3. The van der Waals surface area contributed by atoms with Crippen LogP contribution >= 0.6 is 0 Å². The molecule has 0 spiro atoms. The van der Waals surface area contributed by atoms with Gasteiger partial charge in [0.1, 0.15) is 16.3 Å². The molecule has 146 valence electrons. The smallest absolute Gasteiger partial charge is 0.315 e. The monoisotopic (exact) mass is 392 g/mol. The first kappa shape index (κ1) is 19.6. The Labute approximate surface area is 159 Å². The van der Waals surface area contributed by atoms with Crippen LogP contribution in [-0.4, -0.2) is 36.9 Å². The number of hydrogen-bond donors (Lipinski definition) is 0. The van der Waals surface area contributed by atoms with Gasteiger partial charge in [-0.2, -0.15) is 4.31 Å². The highest BCUT2D eigenvalue weighted by atomic mass is 32.2. The molecule has 1 aromatic carbocycles. The summed E-state index contributed by atoms with van der Waals surface area (Å²) in [7, 11) is -3.76. The molecule has 2 aromatic rings. The summed E-state index contributed by atoms with van der Waals surface area (Å²) < 4.78 is 37.8. The summed E-state index contributed by atoms with van der Waals surface area (Å²) in [5, 5.41) is 3.73. The second-order valence-electron chi connectivity index (χ2n) is 7.10. The Kier molecular flexibility index (Phi) is 5.39. The molecule has 0 amide bonds. The lowest BCUT2D eigenvalue weighted by Crippen LogP contribution is -2.43. The van der Waals surface area contributed by atoms with Crippen molar-refractivity contribution in [1.82, 2.24) is 9.46 Å². The fourth-order valence-electron chi connectivity index (χ4n) is 3.52. The average Bonchev–Trinajstić information content (AvgIpc) is 2.93. The molecule has 0 bridgehead atoms. The molecule has 0 N–H and O–H groups in total. The lowest BCUT2D eigenvalue weighted by atomic mass is 10.00. The summed E-state index contributed by atoms with van der Waals surface area (Å²) in [6, 6.07) is 5.59. The number of aromatic nitrogens is 1. The number of benzene rings is 1. The van der Waals surface area contributed by atoms with Gasteiger partial charge in [-0.25, -0.2) is 8.42 Å². The Hall–Kier alpha value is -2.19. The van der Waals surface area contributed by atoms with Gasteiger partial charge in [0.2, 0.25) is 10.0 Å². The predicted molar refractivity (Wildman–Crippen MR) is 99.0 cm³/mol. The van der Waals surface area contributed by atoms with E-state index in [1.165, 1.54) is 4.31 Å². The van der Waals surface area contributed by atoms with Crippen molar-refractivity contribution in [3.05, 3.63) is 40.8 Å². The maximum Gasteiger partial charge on any atom is 0.315 e. The number of aryl methyl sites for hydroxylation is 4. The summed E-state index contributed by atoms with van der Waals surface area (Å²) in [5.74, 6) is -0.163. The number of ether oxygens (including phenoxy) is 1. The Morgan fingerprint density at radius 2 is 1.85 bits per heavy atom. The van der Waals surface area contributed by atoms with Gasteiger partial charge in [-0.1, -0.05) is 11.2 Å². The number of esters is 1. The number of nitrogens with zero attached hydrogens (tertiary/aromatic N) is 2. The Morgan fingerprint density at radius 1 is 1.19 bits per heavy atom. The molecule has 3 rings (SSSR count). The first-order chi connectivity index (χ1) is 12.7. The van der Waals surface area contributed by atoms with Crippen LogP contribution in [0.2, 0.25) is 0 Å². The van der Waals surface area contributed by atoms with Crippen LogP contribution in [0.25, 0.3) is 0 Å². The minimum atomic E-state index is -3.76. The van der Waals surface area contributed by atoms with E-state index in [2.05, 4.69) is 5.16 Å². The second-order valence-corrected chi connectivity index (χ2v) is 8.97. The van der Waals surface area contributed by atoms with Crippen molar-refractivity contribution in [3.63, 3.8) is 0 Å². The van der Waals surface area contributed by atoms with E-state index in [4.69, 9.17) is 9.26 Å². The molecule has 8 heteroatoms. The molecule has 1 aliphatic heterocycles. The number of sulfonamides is 1. The van der Waals surface area contributed by atoms with Gasteiger partial charge in [0.15, 0.2) is 5.76 Å². The molecule has 0 aliphatic carbocycles. The number of carbonyl (C=O) groups is 1. The molecule has 1 saturated heterocycles. The molecular weight excluding hydrogens is 368 g/mol. The van der Waals surface area contributed by atoms with Crippen LogP contribution in [0, 0.1) is 33.6 Å². The van der Waals surface area contributed by atoms with Crippen molar-refractivity contribution in [1.29, 1.82) is 0 Å². The number of hydrogen-bond acceptors (Lipinski definition) is 6. The molecule has 0 saturated carbocycles. The van der Waals surface area contributed by atoms with Crippen LogP contribution in [0.3, 0.4) is 0 Å². The van der Waals surface area contributed by atoms with Gasteiger partial charge in [0.25, 0.3) is 0 Å². The van der Waals surface area contributed by atoms with Crippen molar-refractivity contribution in [2.75, 3.05) is 13.1 Å². The third-order valence-corrected chi connectivity index (χ3v) is 6.81. The first-order valence-electron chi connectivity index (χ1n) is 8.91.